The highest BCUT2D eigenvalue weighted by molar-refractivity contribution is 6.33. The van der Waals surface area contributed by atoms with E-state index in [2.05, 4.69) is 15.0 Å². The van der Waals surface area contributed by atoms with Crippen LogP contribution in [0.1, 0.15) is 12.5 Å². The summed E-state index contributed by atoms with van der Waals surface area (Å²) in [6, 6.07) is 3.38. The zero-order valence-corrected chi connectivity index (χ0v) is 13.2. The van der Waals surface area contributed by atoms with E-state index < -0.39 is 5.92 Å². The quantitative estimate of drug-likeness (QED) is 0.830. The molecule has 0 aromatic carbocycles. The molecule has 1 saturated heterocycles. The second-order valence-electron chi connectivity index (χ2n) is 5.53. The Morgan fingerprint density at radius 1 is 1.17 bits per heavy atom. The van der Waals surface area contributed by atoms with E-state index in [1.54, 1.807) is 25.6 Å². The van der Waals surface area contributed by atoms with Crippen molar-refractivity contribution in [2.45, 2.75) is 13.5 Å². The van der Waals surface area contributed by atoms with Crippen molar-refractivity contribution >= 4 is 23.5 Å². The number of nitrogens with zero attached hydrogens (tertiary/aromatic N) is 5. The van der Waals surface area contributed by atoms with Gasteiger partial charge in [0.1, 0.15) is 11.8 Å². The van der Waals surface area contributed by atoms with Crippen molar-refractivity contribution in [3.05, 3.63) is 41.9 Å². The number of imide groups is 1. The van der Waals surface area contributed by atoms with Crippen molar-refractivity contribution in [3.63, 3.8) is 0 Å². The molecule has 0 bridgehead atoms. The van der Waals surface area contributed by atoms with Crippen molar-refractivity contribution in [1.82, 2.24) is 14.8 Å². The van der Waals surface area contributed by atoms with Crippen molar-refractivity contribution in [2.75, 3.05) is 14.1 Å². The van der Waals surface area contributed by atoms with Crippen molar-refractivity contribution in [1.29, 1.82) is 0 Å². The number of fused-ring (bicyclic) bond motifs is 1. The van der Waals surface area contributed by atoms with Crippen LogP contribution < -0.4 is 0 Å². The Kier molecular flexibility index (Phi) is 3.77. The molecule has 1 aromatic rings. The molecule has 1 fully saturated rings. The van der Waals surface area contributed by atoms with Crippen LogP contribution in [0.4, 0.5) is 4.79 Å². The zero-order chi connectivity index (χ0) is 16.6. The van der Waals surface area contributed by atoms with Gasteiger partial charge in [0, 0.05) is 32.7 Å². The van der Waals surface area contributed by atoms with Gasteiger partial charge >= 0.3 is 6.03 Å². The van der Waals surface area contributed by atoms with E-state index in [4.69, 9.17) is 0 Å². The predicted molar refractivity (Wildman–Crippen MR) is 86.0 cm³/mol. The lowest BCUT2D eigenvalue weighted by Gasteiger charge is -2.37. The van der Waals surface area contributed by atoms with Crippen LogP contribution in [0.3, 0.4) is 0 Å². The van der Waals surface area contributed by atoms with Crippen molar-refractivity contribution in [3.8, 4) is 0 Å². The molecule has 0 spiro atoms. The summed E-state index contributed by atoms with van der Waals surface area (Å²) in [5.41, 5.74) is 2.49. The average Bonchev–Trinajstić information content (AvgIpc) is 2.57. The number of rotatable bonds is 2. The Labute approximate surface area is 134 Å². The maximum Gasteiger partial charge on any atom is 0.331 e. The monoisotopic (exact) mass is 311 g/mol. The van der Waals surface area contributed by atoms with Gasteiger partial charge in [-0.1, -0.05) is 0 Å². The Bertz CT molecular complexity index is 751. The number of amidine groups is 1. The minimum Gasteiger partial charge on any atom is -0.284 e. The van der Waals surface area contributed by atoms with Crippen LogP contribution in [0, 0.1) is 5.92 Å². The number of urea groups is 1. The number of pyridine rings is 1. The van der Waals surface area contributed by atoms with Crippen molar-refractivity contribution in [2.24, 2.45) is 15.9 Å². The highest BCUT2D eigenvalue weighted by Gasteiger charge is 2.44. The third-order valence-corrected chi connectivity index (χ3v) is 4.00. The SMILES string of the molecule is CC1=CN=C2C(C(=O)N(C)C(=O)N2C)C1=NCc1ccncc1. The molecule has 1 aromatic heterocycles. The molecular formula is C16H17N5O2. The highest BCUT2D eigenvalue weighted by Crippen LogP contribution is 2.25. The molecule has 0 aliphatic carbocycles. The maximum absolute atomic E-state index is 12.6. The lowest BCUT2D eigenvalue weighted by molar-refractivity contribution is -0.128. The van der Waals surface area contributed by atoms with E-state index in [1.165, 1.54) is 11.9 Å². The fourth-order valence-electron chi connectivity index (χ4n) is 2.65. The summed E-state index contributed by atoms with van der Waals surface area (Å²) >= 11 is 0. The first kappa shape index (κ1) is 15.1. The van der Waals surface area contributed by atoms with Gasteiger partial charge in [0.2, 0.25) is 5.91 Å². The van der Waals surface area contributed by atoms with Gasteiger partial charge < -0.3 is 0 Å². The molecule has 7 heteroatoms. The first-order valence-corrected chi connectivity index (χ1v) is 7.24. The molecular weight excluding hydrogens is 294 g/mol. The van der Waals surface area contributed by atoms with Crippen molar-refractivity contribution < 1.29 is 9.59 Å². The summed E-state index contributed by atoms with van der Waals surface area (Å²) in [5, 5.41) is 0. The van der Waals surface area contributed by atoms with E-state index >= 15 is 0 Å². The summed E-state index contributed by atoms with van der Waals surface area (Å²) in [7, 11) is 3.10. The first-order chi connectivity index (χ1) is 11.0. The fraction of sp³-hybridized carbons (Fsp3) is 0.312. The summed E-state index contributed by atoms with van der Waals surface area (Å²) < 4.78 is 0. The van der Waals surface area contributed by atoms with E-state index in [9.17, 15) is 9.59 Å². The Morgan fingerprint density at radius 3 is 2.57 bits per heavy atom. The topological polar surface area (TPSA) is 78.2 Å². The van der Waals surface area contributed by atoms with Crippen LogP contribution in [-0.2, 0) is 11.3 Å². The molecule has 1 unspecified atom stereocenters. The van der Waals surface area contributed by atoms with Crippen LogP contribution in [0.15, 0.2) is 46.3 Å². The summed E-state index contributed by atoms with van der Waals surface area (Å²) in [4.78, 5) is 40.0. The zero-order valence-electron chi connectivity index (χ0n) is 13.2. The van der Waals surface area contributed by atoms with Crippen LogP contribution >= 0.6 is 0 Å². The molecule has 3 heterocycles. The van der Waals surface area contributed by atoms with Gasteiger partial charge in [-0.25, -0.2) is 9.79 Å². The number of carbonyl (C=O) groups is 2. The Morgan fingerprint density at radius 2 is 1.87 bits per heavy atom. The van der Waals surface area contributed by atoms with Crippen LogP contribution in [-0.4, -0.2) is 52.4 Å². The number of hydrogen-bond donors (Lipinski definition) is 0. The average molecular weight is 311 g/mol. The molecule has 2 aliphatic heterocycles. The minimum atomic E-state index is -0.630. The Hall–Kier alpha value is -2.83. The van der Waals surface area contributed by atoms with Crippen LogP contribution in [0.25, 0.3) is 0 Å². The Balaban J connectivity index is 1.97. The lowest BCUT2D eigenvalue weighted by atomic mass is 9.91. The largest absolute Gasteiger partial charge is 0.331 e. The highest BCUT2D eigenvalue weighted by atomic mass is 16.2. The number of aliphatic imine (C=N–C) groups is 2. The lowest BCUT2D eigenvalue weighted by Crippen LogP contribution is -2.59. The van der Waals surface area contributed by atoms with Gasteiger partial charge in [0.15, 0.2) is 0 Å². The van der Waals surface area contributed by atoms with E-state index in [1.807, 2.05) is 19.1 Å². The van der Waals surface area contributed by atoms with Crippen LogP contribution in [0.2, 0.25) is 0 Å². The van der Waals surface area contributed by atoms with Gasteiger partial charge in [-0.3, -0.25) is 24.6 Å². The third kappa shape index (κ3) is 2.54. The first-order valence-electron chi connectivity index (χ1n) is 7.24. The molecule has 0 N–H and O–H groups in total. The second kappa shape index (κ2) is 5.75. The van der Waals surface area contributed by atoms with E-state index in [0.29, 0.717) is 18.1 Å². The molecule has 0 saturated carbocycles. The maximum atomic E-state index is 12.6. The van der Waals surface area contributed by atoms with Gasteiger partial charge in [-0.05, 0) is 30.2 Å². The second-order valence-corrected chi connectivity index (χ2v) is 5.53. The van der Waals surface area contributed by atoms with Crippen LogP contribution in [0.5, 0.6) is 0 Å². The summed E-state index contributed by atoms with van der Waals surface area (Å²) in [5.74, 6) is -0.500. The number of carbonyl (C=O) groups excluding carboxylic acids is 2. The molecule has 0 radical (unpaired) electrons. The minimum absolute atomic E-state index is 0.298. The standard InChI is InChI=1S/C16H17N5O2/c1-10-8-19-14-12(15(22)21(3)16(23)20(14)2)13(10)18-9-11-4-6-17-7-5-11/h4-8,12H,9H2,1-3H3. The normalized spacial score (nSPS) is 22.9. The third-order valence-electron chi connectivity index (χ3n) is 4.00. The van der Waals surface area contributed by atoms with Gasteiger partial charge in [-0.15, -0.1) is 0 Å². The molecule has 3 amide bonds. The van der Waals surface area contributed by atoms with Gasteiger partial charge in [0.05, 0.1) is 12.3 Å². The van der Waals surface area contributed by atoms with E-state index in [0.717, 1.165) is 16.0 Å². The molecule has 7 nitrogen and oxygen atoms in total. The summed E-state index contributed by atoms with van der Waals surface area (Å²) in [6.07, 6.45) is 5.06. The fourth-order valence-corrected chi connectivity index (χ4v) is 2.65. The molecule has 23 heavy (non-hydrogen) atoms. The smallest absolute Gasteiger partial charge is 0.284 e. The summed E-state index contributed by atoms with van der Waals surface area (Å²) in [6.45, 7) is 2.32. The number of hydrogen-bond acceptors (Lipinski definition) is 5. The number of aromatic nitrogens is 1. The molecule has 118 valence electrons. The molecule has 1 atom stereocenters. The predicted octanol–water partition coefficient (Wildman–Crippen LogP) is 1.48. The molecule has 3 rings (SSSR count). The number of allylic oxidation sites excluding steroid dienone is 1. The number of amides is 3. The molecule has 2 aliphatic rings. The van der Waals surface area contributed by atoms with Gasteiger partial charge in [0.25, 0.3) is 0 Å². The van der Waals surface area contributed by atoms with Gasteiger partial charge in [-0.2, -0.15) is 0 Å². The van der Waals surface area contributed by atoms with E-state index in [-0.39, 0.29) is 11.9 Å².